The van der Waals surface area contributed by atoms with Crippen LogP contribution in [0.3, 0.4) is 0 Å². The Morgan fingerprint density at radius 3 is 2.19 bits per heavy atom. The van der Waals surface area contributed by atoms with Crippen LogP contribution in [0.25, 0.3) is 32.9 Å². The molecule has 47 heavy (non-hydrogen) atoms. The second kappa shape index (κ2) is 13.0. The highest BCUT2D eigenvalue weighted by atomic mass is 32.2. The predicted molar refractivity (Wildman–Crippen MR) is 180 cm³/mol. The highest BCUT2D eigenvalue weighted by Crippen LogP contribution is 2.41. The van der Waals surface area contributed by atoms with Gasteiger partial charge in [-0.1, -0.05) is 6.07 Å². The molecule has 0 saturated carbocycles. The number of aromatic carboxylic acids is 2. The van der Waals surface area contributed by atoms with Crippen molar-refractivity contribution in [1.29, 1.82) is 0 Å². The van der Waals surface area contributed by atoms with Crippen molar-refractivity contribution in [3.05, 3.63) is 98.6 Å². The molecule has 242 valence electrons. The predicted octanol–water partition coefficient (Wildman–Crippen LogP) is 4.48. The van der Waals surface area contributed by atoms with Crippen LogP contribution >= 0.6 is 11.8 Å². The molecule has 2 aromatic carbocycles. The maximum atomic E-state index is 15.0. The summed E-state index contributed by atoms with van der Waals surface area (Å²) in [6.07, 6.45) is 6.21. The molecule has 0 unspecified atom stereocenters. The van der Waals surface area contributed by atoms with Gasteiger partial charge in [-0.05, 0) is 55.4 Å². The molecule has 1 saturated heterocycles. The number of piperazine rings is 1. The molecule has 0 amide bonds. The molecule has 3 aromatic heterocycles. The molecule has 0 spiro atoms. The number of pyridine rings is 3. The highest BCUT2D eigenvalue weighted by Gasteiger charge is 2.28. The Hall–Kier alpha value is -5.01. The summed E-state index contributed by atoms with van der Waals surface area (Å²) in [6.45, 7) is 6.25. The summed E-state index contributed by atoms with van der Waals surface area (Å²) in [7, 11) is 2.04. The monoisotopic (exact) mass is 657 g/mol. The van der Waals surface area contributed by atoms with Crippen molar-refractivity contribution in [3.63, 3.8) is 0 Å². The molecule has 7 rings (SSSR count). The molecule has 0 aliphatic carbocycles. The number of thioether (sulfide) groups is 1. The van der Waals surface area contributed by atoms with Crippen LogP contribution in [0.1, 0.15) is 27.6 Å². The van der Waals surface area contributed by atoms with Crippen molar-refractivity contribution in [2.75, 3.05) is 43.9 Å². The number of fused-ring (bicyclic) bond motifs is 1. The number of anilines is 1. The lowest BCUT2D eigenvalue weighted by Crippen LogP contribution is -2.45. The van der Waals surface area contributed by atoms with Crippen LogP contribution in [0, 0.1) is 5.82 Å². The minimum Gasteiger partial charge on any atom is -0.477 e. The summed E-state index contributed by atoms with van der Waals surface area (Å²) in [5.74, 6) is -2.22. The number of hydrogen-bond donors (Lipinski definition) is 2. The Labute approximate surface area is 272 Å². The van der Waals surface area contributed by atoms with E-state index in [9.17, 15) is 28.7 Å². The van der Waals surface area contributed by atoms with E-state index < -0.39 is 28.6 Å². The second-order valence-electron chi connectivity index (χ2n) is 11.4. The van der Waals surface area contributed by atoms with E-state index in [1.165, 1.54) is 30.2 Å². The van der Waals surface area contributed by atoms with Crippen LogP contribution in [-0.4, -0.2) is 80.1 Å². The van der Waals surface area contributed by atoms with Crippen LogP contribution in [-0.2, 0) is 13.1 Å². The fraction of sp³-hybridized carbons (Fsp3) is 0.265. The number of benzene rings is 2. The number of aromatic nitrogens is 3. The van der Waals surface area contributed by atoms with Gasteiger partial charge in [-0.15, -0.1) is 11.8 Å². The zero-order valence-electron chi connectivity index (χ0n) is 25.8. The van der Waals surface area contributed by atoms with Gasteiger partial charge in [-0.25, -0.2) is 14.0 Å². The number of hydrogen-bond acceptors (Lipinski definition) is 8. The average Bonchev–Trinajstić information content (AvgIpc) is 3.07. The molecule has 0 bridgehead atoms. The Morgan fingerprint density at radius 1 is 0.872 bits per heavy atom. The topological polar surface area (TPSA) is 138 Å². The zero-order chi connectivity index (χ0) is 33.4. The fourth-order valence-electron chi connectivity index (χ4n) is 6.05. The summed E-state index contributed by atoms with van der Waals surface area (Å²) in [4.78, 5) is 56.3. The summed E-state index contributed by atoms with van der Waals surface area (Å²) >= 11 is 1.54. The zero-order valence-corrected chi connectivity index (χ0v) is 26.6. The van der Waals surface area contributed by atoms with E-state index >= 15 is 0 Å². The number of carbonyl (C=O) groups is 2. The first-order valence-corrected chi connectivity index (χ1v) is 16.1. The molecule has 11 nitrogen and oxygen atoms in total. The number of carboxylic acids is 2. The maximum Gasteiger partial charge on any atom is 0.341 e. The number of halogens is 1. The summed E-state index contributed by atoms with van der Waals surface area (Å²) in [5, 5.41) is 19.0. The number of carboxylic acid groups (broad SMARTS) is 2. The molecule has 2 aliphatic heterocycles. The molecule has 2 N–H and O–H groups in total. The minimum absolute atomic E-state index is 0.150. The quantitative estimate of drug-likeness (QED) is 0.278. The maximum absolute atomic E-state index is 15.0. The largest absolute Gasteiger partial charge is 0.477 e. The van der Waals surface area contributed by atoms with Crippen molar-refractivity contribution in [1.82, 2.24) is 19.0 Å². The van der Waals surface area contributed by atoms with Crippen LogP contribution in [0.5, 0.6) is 0 Å². The third-order valence-electron chi connectivity index (χ3n) is 8.54. The second-order valence-corrected chi connectivity index (χ2v) is 12.5. The van der Waals surface area contributed by atoms with Gasteiger partial charge in [0.2, 0.25) is 10.9 Å². The number of nitrogens with zero attached hydrogens (tertiary/aromatic N) is 5. The van der Waals surface area contributed by atoms with Gasteiger partial charge < -0.3 is 29.1 Å². The summed E-state index contributed by atoms with van der Waals surface area (Å²) in [6, 6.07) is 10.4. The van der Waals surface area contributed by atoms with Gasteiger partial charge in [0.1, 0.15) is 16.9 Å². The van der Waals surface area contributed by atoms with Gasteiger partial charge in [-0.2, -0.15) is 0 Å². The van der Waals surface area contributed by atoms with E-state index in [0.717, 1.165) is 47.7 Å². The molecule has 0 atom stereocenters. The van der Waals surface area contributed by atoms with Gasteiger partial charge in [0, 0.05) is 75.2 Å². The average molecular weight is 658 g/mol. The molecule has 5 aromatic rings. The first-order valence-electron chi connectivity index (χ1n) is 15.1. The van der Waals surface area contributed by atoms with Gasteiger partial charge >= 0.3 is 11.9 Å². The van der Waals surface area contributed by atoms with Crippen LogP contribution in [0.4, 0.5) is 10.1 Å². The van der Waals surface area contributed by atoms with Crippen molar-refractivity contribution < 1.29 is 24.2 Å². The van der Waals surface area contributed by atoms with Gasteiger partial charge in [0.25, 0.3) is 0 Å². The van der Waals surface area contributed by atoms with Crippen molar-refractivity contribution in [2.45, 2.75) is 24.9 Å². The van der Waals surface area contributed by atoms with Crippen molar-refractivity contribution in [3.8, 4) is 11.1 Å². The fourth-order valence-corrected chi connectivity index (χ4v) is 7.27. The lowest BCUT2D eigenvalue weighted by Gasteiger charge is -2.36. The van der Waals surface area contributed by atoms with Gasteiger partial charge in [-0.3, -0.25) is 14.6 Å². The van der Waals surface area contributed by atoms with Crippen molar-refractivity contribution in [2.24, 2.45) is 0 Å². The first-order chi connectivity index (χ1) is 22.6. The molecule has 1 fully saturated rings. The lowest BCUT2D eigenvalue weighted by molar-refractivity contribution is 0.0684. The Morgan fingerprint density at radius 2 is 1.53 bits per heavy atom. The van der Waals surface area contributed by atoms with Gasteiger partial charge in [0.15, 0.2) is 0 Å². The molecule has 5 heterocycles. The van der Waals surface area contributed by atoms with Crippen LogP contribution in [0.2, 0.25) is 0 Å². The number of likely N-dealkylation sites (N-methyl/N-ethyl adjacent to an activating group) is 1. The normalized spacial score (nSPS) is 14.6. The molecule has 0 radical (unpaired) electrons. The van der Waals surface area contributed by atoms with Gasteiger partial charge in [0.05, 0.1) is 27.0 Å². The van der Waals surface area contributed by atoms with Crippen molar-refractivity contribution >= 4 is 51.2 Å². The Balaban J connectivity index is 0.000000166. The molecule has 2 aliphatic rings. The SMILES string of the molecule is CCn1cc(C(=O)O)c(=O)c2ccc(-c3ccncc3)cc21.CN1CCN(c2c(F)cc3c(=O)c(C(=O)O)cn4c3c2SCC4)CC1. The van der Waals surface area contributed by atoms with E-state index in [-0.39, 0.29) is 16.5 Å². The third-order valence-corrected chi connectivity index (χ3v) is 9.60. The van der Waals surface area contributed by atoms with E-state index in [1.54, 1.807) is 27.6 Å². The molecular weight excluding hydrogens is 625 g/mol. The Bertz CT molecular complexity index is 2160. The minimum atomic E-state index is -1.28. The summed E-state index contributed by atoms with van der Waals surface area (Å²) in [5.41, 5.74) is 2.30. The third kappa shape index (κ3) is 5.99. The molecule has 13 heteroatoms. The number of aryl methyl sites for hydroxylation is 2. The highest BCUT2D eigenvalue weighted by molar-refractivity contribution is 7.99. The van der Waals surface area contributed by atoms with E-state index in [4.69, 9.17) is 5.11 Å². The molecular formula is C34H32FN5O6S. The summed E-state index contributed by atoms with van der Waals surface area (Å²) < 4.78 is 18.5. The Kier molecular flexibility index (Phi) is 8.84. The first kappa shape index (κ1) is 32.0. The van der Waals surface area contributed by atoms with Crippen LogP contribution in [0.15, 0.2) is 75.7 Å². The number of rotatable bonds is 5. The van der Waals surface area contributed by atoms with Crippen LogP contribution < -0.4 is 15.8 Å². The lowest BCUT2D eigenvalue weighted by atomic mass is 10.0. The van der Waals surface area contributed by atoms with E-state index in [1.807, 2.05) is 43.1 Å². The van der Waals surface area contributed by atoms with E-state index in [0.29, 0.717) is 35.4 Å². The van der Waals surface area contributed by atoms with E-state index in [2.05, 4.69) is 9.88 Å². The smallest absolute Gasteiger partial charge is 0.341 e. The standard InChI is InChI=1S/C17H18FN3O3S.C17H14N2O3/c1-19-2-4-20(5-3-19)14-12(18)8-10-13-16(14)25-7-6-21(13)9-11(15(10)22)17(23)24;1-2-19-10-14(17(21)22)16(20)13-4-3-12(9-15(13)19)11-5-7-18-8-6-11/h8-9H,2-7H2,1H3,(H,23,24);3-10H,2H2,1H3,(H,21,22).